The standard InChI is InChI=1S/C17H21N3O6/c1-9(2)26-15(22)7-12(8-21)18-17(23)13-6-11-4-10(3)5-14(20(24)25)16(11)19-13/h4-6,9,12,19,21H,7-8H2,1-3H3,(H,18,23). The molecule has 0 aliphatic carbocycles. The van der Waals surface area contributed by atoms with Gasteiger partial charge in [-0.15, -0.1) is 0 Å². The van der Waals surface area contributed by atoms with Crippen molar-refractivity contribution in [2.24, 2.45) is 0 Å². The Bertz CT molecular complexity index is 842. The van der Waals surface area contributed by atoms with E-state index in [1.54, 1.807) is 26.8 Å². The number of amides is 1. The SMILES string of the molecule is Cc1cc([N+](=O)[O-])c2[nH]c(C(=O)NC(CO)CC(=O)OC(C)C)cc2c1. The Morgan fingerprint density at radius 3 is 2.62 bits per heavy atom. The lowest BCUT2D eigenvalue weighted by molar-refractivity contribution is -0.383. The van der Waals surface area contributed by atoms with Gasteiger partial charge >= 0.3 is 5.97 Å². The highest BCUT2D eigenvalue weighted by Crippen LogP contribution is 2.27. The van der Waals surface area contributed by atoms with E-state index in [0.29, 0.717) is 10.9 Å². The summed E-state index contributed by atoms with van der Waals surface area (Å²) < 4.78 is 4.99. The van der Waals surface area contributed by atoms with Gasteiger partial charge in [-0.3, -0.25) is 19.7 Å². The molecule has 9 nitrogen and oxygen atoms in total. The number of carbonyl (C=O) groups excluding carboxylic acids is 2. The number of aromatic nitrogens is 1. The first kappa shape index (κ1) is 19.4. The van der Waals surface area contributed by atoms with Gasteiger partial charge in [0.2, 0.25) is 0 Å². The molecule has 9 heteroatoms. The molecule has 0 saturated heterocycles. The molecular formula is C17H21N3O6. The molecule has 1 heterocycles. The summed E-state index contributed by atoms with van der Waals surface area (Å²) in [5, 5.41) is 23.6. The van der Waals surface area contributed by atoms with Crippen molar-refractivity contribution in [1.82, 2.24) is 10.3 Å². The number of nitro benzene ring substituents is 1. The van der Waals surface area contributed by atoms with E-state index in [2.05, 4.69) is 10.3 Å². The molecule has 0 spiro atoms. The monoisotopic (exact) mass is 363 g/mol. The van der Waals surface area contributed by atoms with Crippen molar-refractivity contribution in [3.05, 3.63) is 39.6 Å². The number of hydrogen-bond acceptors (Lipinski definition) is 6. The first-order valence-electron chi connectivity index (χ1n) is 8.10. The Morgan fingerprint density at radius 1 is 1.35 bits per heavy atom. The quantitative estimate of drug-likeness (QED) is 0.390. The minimum atomic E-state index is -0.822. The average Bonchev–Trinajstić information content (AvgIpc) is 2.96. The molecule has 1 aromatic heterocycles. The summed E-state index contributed by atoms with van der Waals surface area (Å²) in [6.45, 7) is 4.67. The number of nitrogens with zero attached hydrogens (tertiary/aromatic N) is 1. The third-order valence-electron chi connectivity index (χ3n) is 3.63. The topological polar surface area (TPSA) is 135 Å². The van der Waals surface area contributed by atoms with Crippen molar-refractivity contribution < 1.29 is 24.4 Å². The van der Waals surface area contributed by atoms with Crippen LogP contribution in [0.15, 0.2) is 18.2 Å². The Morgan fingerprint density at radius 2 is 2.04 bits per heavy atom. The molecule has 0 fully saturated rings. The van der Waals surface area contributed by atoms with E-state index in [9.17, 15) is 24.8 Å². The molecule has 1 aromatic carbocycles. The number of benzene rings is 1. The number of aliphatic hydroxyl groups is 1. The van der Waals surface area contributed by atoms with Crippen molar-refractivity contribution in [3.8, 4) is 0 Å². The fourth-order valence-electron chi connectivity index (χ4n) is 2.57. The maximum Gasteiger partial charge on any atom is 0.308 e. The van der Waals surface area contributed by atoms with Gasteiger partial charge in [-0.2, -0.15) is 0 Å². The van der Waals surface area contributed by atoms with Crippen molar-refractivity contribution >= 4 is 28.5 Å². The highest BCUT2D eigenvalue weighted by molar-refractivity contribution is 6.00. The third kappa shape index (κ3) is 4.57. The van der Waals surface area contributed by atoms with Gasteiger partial charge in [0.25, 0.3) is 11.6 Å². The fourth-order valence-corrected chi connectivity index (χ4v) is 2.57. The summed E-state index contributed by atoms with van der Waals surface area (Å²) in [6.07, 6.45) is -0.477. The molecule has 0 aliphatic rings. The van der Waals surface area contributed by atoms with Crippen LogP contribution in [0, 0.1) is 17.0 Å². The van der Waals surface area contributed by atoms with Crippen LogP contribution in [0.2, 0.25) is 0 Å². The van der Waals surface area contributed by atoms with Gasteiger partial charge in [-0.05, 0) is 38.5 Å². The number of carbonyl (C=O) groups is 2. The van der Waals surface area contributed by atoms with E-state index < -0.39 is 29.4 Å². The molecule has 140 valence electrons. The lowest BCUT2D eigenvalue weighted by Gasteiger charge is -2.16. The van der Waals surface area contributed by atoms with Crippen molar-refractivity contribution in [1.29, 1.82) is 0 Å². The maximum atomic E-state index is 12.4. The van der Waals surface area contributed by atoms with E-state index in [1.165, 1.54) is 12.1 Å². The van der Waals surface area contributed by atoms with Gasteiger partial charge in [0.1, 0.15) is 11.2 Å². The van der Waals surface area contributed by atoms with Gasteiger partial charge in [0, 0.05) is 11.5 Å². The zero-order valence-corrected chi connectivity index (χ0v) is 14.7. The summed E-state index contributed by atoms with van der Waals surface area (Å²) in [6, 6.07) is 3.81. The predicted octanol–water partition coefficient (Wildman–Crippen LogP) is 1.82. The van der Waals surface area contributed by atoms with Crippen molar-refractivity contribution in [3.63, 3.8) is 0 Å². The number of esters is 1. The number of ether oxygens (including phenoxy) is 1. The highest BCUT2D eigenvalue weighted by Gasteiger charge is 2.21. The molecule has 2 aromatic rings. The molecule has 0 radical (unpaired) electrons. The number of rotatable bonds is 7. The zero-order chi connectivity index (χ0) is 19.4. The van der Waals surface area contributed by atoms with Crippen LogP contribution in [0.25, 0.3) is 10.9 Å². The van der Waals surface area contributed by atoms with Crippen LogP contribution in [0.5, 0.6) is 0 Å². The molecule has 0 bridgehead atoms. The van der Waals surface area contributed by atoms with E-state index >= 15 is 0 Å². The van der Waals surface area contributed by atoms with E-state index in [0.717, 1.165) is 0 Å². The van der Waals surface area contributed by atoms with Gasteiger partial charge in [0.05, 0.1) is 30.1 Å². The first-order valence-corrected chi connectivity index (χ1v) is 8.10. The van der Waals surface area contributed by atoms with E-state index in [-0.39, 0.29) is 29.4 Å². The van der Waals surface area contributed by atoms with Crippen LogP contribution >= 0.6 is 0 Å². The number of H-pyrrole nitrogens is 1. The molecule has 0 saturated carbocycles. The fraction of sp³-hybridized carbons (Fsp3) is 0.412. The number of hydrogen-bond donors (Lipinski definition) is 3. The van der Waals surface area contributed by atoms with Crippen LogP contribution < -0.4 is 5.32 Å². The summed E-state index contributed by atoms with van der Waals surface area (Å²) in [5.74, 6) is -1.12. The summed E-state index contributed by atoms with van der Waals surface area (Å²) >= 11 is 0. The smallest absolute Gasteiger partial charge is 0.308 e. The van der Waals surface area contributed by atoms with Crippen LogP contribution in [0.1, 0.15) is 36.3 Å². The molecular weight excluding hydrogens is 342 g/mol. The largest absolute Gasteiger partial charge is 0.463 e. The number of aliphatic hydroxyl groups excluding tert-OH is 1. The Hall–Kier alpha value is -2.94. The summed E-state index contributed by atoms with van der Waals surface area (Å²) in [7, 11) is 0. The molecule has 1 atom stereocenters. The van der Waals surface area contributed by atoms with Crippen LogP contribution in [-0.2, 0) is 9.53 Å². The minimum Gasteiger partial charge on any atom is -0.463 e. The number of nitrogens with one attached hydrogen (secondary N) is 2. The normalized spacial score (nSPS) is 12.2. The average molecular weight is 363 g/mol. The Balaban J connectivity index is 2.19. The Kier molecular flexibility index (Phi) is 5.93. The predicted molar refractivity (Wildman–Crippen MR) is 93.9 cm³/mol. The van der Waals surface area contributed by atoms with Gasteiger partial charge in [-0.25, -0.2) is 0 Å². The second-order valence-corrected chi connectivity index (χ2v) is 6.28. The minimum absolute atomic E-state index is 0.101. The molecule has 2 rings (SSSR count). The molecule has 3 N–H and O–H groups in total. The Labute approximate surface area is 149 Å². The van der Waals surface area contributed by atoms with E-state index in [4.69, 9.17) is 4.74 Å². The van der Waals surface area contributed by atoms with Gasteiger partial charge in [0.15, 0.2) is 0 Å². The third-order valence-corrected chi connectivity index (χ3v) is 3.63. The lowest BCUT2D eigenvalue weighted by atomic mass is 10.1. The van der Waals surface area contributed by atoms with Crippen LogP contribution in [0.4, 0.5) is 5.69 Å². The second kappa shape index (κ2) is 7.96. The van der Waals surface area contributed by atoms with E-state index in [1.807, 2.05) is 0 Å². The van der Waals surface area contributed by atoms with Crippen LogP contribution in [0.3, 0.4) is 0 Å². The number of nitro groups is 1. The summed E-state index contributed by atoms with van der Waals surface area (Å²) in [5.41, 5.74) is 0.910. The van der Waals surface area contributed by atoms with Crippen LogP contribution in [-0.4, -0.2) is 45.6 Å². The second-order valence-electron chi connectivity index (χ2n) is 6.28. The molecule has 26 heavy (non-hydrogen) atoms. The molecule has 0 aliphatic heterocycles. The first-order chi connectivity index (χ1) is 12.2. The van der Waals surface area contributed by atoms with Gasteiger partial charge < -0.3 is 20.1 Å². The zero-order valence-electron chi connectivity index (χ0n) is 14.7. The van der Waals surface area contributed by atoms with Crippen molar-refractivity contribution in [2.75, 3.05) is 6.61 Å². The number of aryl methyl sites for hydroxylation is 1. The lowest BCUT2D eigenvalue weighted by Crippen LogP contribution is -2.39. The van der Waals surface area contributed by atoms with Crippen molar-refractivity contribution in [2.45, 2.75) is 39.3 Å². The molecule has 1 unspecified atom stereocenters. The number of non-ortho nitro benzene ring substituents is 1. The molecule has 1 amide bonds. The summed E-state index contributed by atoms with van der Waals surface area (Å²) in [4.78, 5) is 37.4. The van der Waals surface area contributed by atoms with Gasteiger partial charge in [-0.1, -0.05) is 0 Å². The number of aromatic amines is 1. The highest BCUT2D eigenvalue weighted by atomic mass is 16.6. The number of fused-ring (bicyclic) bond motifs is 1. The maximum absolute atomic E-state index is 12.4.